The van der Waals surface area contributed by atoms with Crippen LogP contribution < -0.4 is 4.74 Å². The van der Waals surface area contributed by atoms with E-state index in [0.29, 0.717) is 17.9 Å². The number of nitrogens with zero attached hydrogens (tertiary/aromatic N) is 3. The molecule has 0 amide bonds. The van der Waals surface area contributed by atoms with Crippen molar-refractivity contribution in [3.05, 3.63) is 47.5 Å². The van der Waals surface area contributed by atoms with Gasteiger partial charge >= 0.3 is 5.97 Å². The molecule has 0 bridgehead atoms. The molecule has 1 heterocycles. The number of imidazole rings is 1. The average molecular weight is 257 g/mol. The van der Waals surface area contributed by atoms with E-state index in [2.05, 4.69) is 4.98 Å². The predicted octanol–water partition coefficient (Wildman–Crippen LogP) is 1.51. The van der Waals surface area contributed by atoms with Crippen molar-refractivity contribution in [1.29, 1.82) is 5.26 Å². The van der Waals surface area contributed by atoms with Gasteiger partial charge in [-0.1, -0.05) is 0 Å². The highest BCUT2D eigenvalue weighted by Crippen LogP contribution is 2.21. The topological polar surface area (TPSA) is 88.1 Å². The van der Waals surface area contributed by atoms with Crippen molar-refractivity contribution in [3.63, 3.8) is 0 Å². The first-order valence-corrected chi connectivity index (χ1v) is 5.47. The van der Waals surface area contributed by atoms with Crippen LogP contribution in [0, 0.1) is 11.3 Å². The molecule has 1 N–H and O–H groups in total. The third-order valence-electron chi connectivity index (χ3n) is 2.68. The normalized spacial score (nSPS) is 9.89. The summed E-state index contributed by atoms with van der Waals surface area (Å²) < 4.78 is 6.82. The Hall–Kier alpha value is -2.81. The summed E-state index contributed by atoms with van der Waals surface area (Å²) in [4.78, 5) is 14.9. The van der Waals surface area contributed by atoms with Crippen molar-refractivity contribution in [1.82, 2.24) is 9.55 Å². The molecule has 96 valence electrons. The lowest BCUT2D eigenvalue weighted by Gasteiger charge is -2.10. The summed E-state index contributed by atoms with van der Waals surface area (Å²) in [6, 6.07) is 6.57. The number of benzene rings is 1. The van der Waals surface area contributed by atoms with E-state index in [1.54, 1.807) is 16.8 Å². The number of nitriles is 1. The summed E-state index contributed by atoms with van der Waals surface area (Å²) in [6.45, 7) is 0.327. The molecule has 0 saturated carbocycles. The van der Waals surface area contributed by atoms with Crippen molar-refractivity contribution < 1.29 is 14.6 Å². The molecule has 0 saturated heterocycles. The van der Waals surface area contributed by atoms with E-state index in [9.17, 15) is 4.79 Å². The van der Waals surface area contributed by atoms with E-state index in [1.807, 2.05) is 6.07 Å². The number of methoxy groups -OCH3 is 1. The first-order chi connectivity index (χ1) is 9.15. The highest BCUT2D eigenvalue weighted by molar-refractivity contribution is 5.88. The second-order valence-corrected chi connectivity index (χ2v) is 3.82. The SMILES string of the molecule is COc1ccc(C(=O)O)cc1Cn1ccnc1C#N. The van der Waals surface area contributed by atoms with E-state index in [1.165, 1.54) is 25.4 Å². The summed E-state index contributed by atoms with van der Waals surface area (Å²) in [5, 5.41) is 17.9. The van der Waals surface area contributed by atoms with Crippen molar-refractivity contribution >= 4 is 5.97 Å². The second-order valence-electron chi connectivity index (χ2n) is 3.82. The van der Waals surface area contributed by atoms with Gasteiger partial charge in [-0.3, -0.25) is 0 Å². The van der Waals surface area contributed by atoms with Crippen LogP contribution in [0.15, 0.2) is 30.6 Å². The number of rotatable bonds is 4. The van der Waals surface area contributed by atoms with Gasteiger partial charge in [0.25, 0.3) is 0 Å². The molecule has 2 aromatic rings. The van der Waals surface area contributed by atoms with Gasteiger partial charge in [-0.05, 0) is 18.2 Å². The molecule has 0 aliphatic carbocycles. The summed E-state index contributed by atoms with van der Waals surface area (Å²) in [5.74, 6) is -0.166. The monoisotopic (exact) mass is 257 g/mol. The zero-order valence-electron chi connectivity index (χ0n) is 10.2. The number of ether oxygens (including phenoxy) is 1. The van der Waals surface area contributed by atoms with Crippen molar-refractivity contribution in [2.45, 2.75) is 6.54 Å². The van der Waals surface area contributed by atoms with Gasteiger partial charge in [0.1, 0.15) is 11.8 Å². The largest absolute Gasteiger partial charge is 0.496 e. The van der Waals surface area contributed by atoms with Crippen LogP contribution in [0.2, 0.25) is 0 Å². The summed E-state index contributed by atoms with van der Waals surface area (Å²) >= 11 is 0. The van der Waals surface area contributed by atoms with E-state index >= 15 is 0 Å². The van der Waals surface area contributed by atoms with Gasteiger partial charge in [-0.15, -0.1) is 0 Å². The molecule has 0 fully saturated rings. The molecule has 19 heavy (non-hydrogen) atoms. The van der Waals surface area contributed by atoms with Gasteiger partial charge < -0.3 is 14.4 Å². The Kier molecular flexibility index (Phi) is 3.48. The number of carboxylic acids is 1. The maximum absolute atomic E-state index is 11.0. The lowest BCUT2D eigenvalue weighted by molar-refractivity contribution is 0.0696. The van der Waals surface area contributed by atoms with Crippen LogP contribution >= 0.6 is 0 Å². The standard InChI is InChI=1S/C13H11N3O3/c1-19-11-3-2-9(13(17)18)6-10(11)8-16-5-4-15-12(16)7-14/h2-6H,8H2,1H3,(H,17,18). The van der Waals surface area contributed by atoms with Gasteiger partial charge in [0.05, 0.1) is 19.2 Å². The molecular weight excluding hydrogens is 246 g/mol. The Morgan fingerprint density at radius 2 is 2.37 bits per heavy atom. The van der Waals surface area contributed by atoms with Crippen LogP contribution in [-0.4, -0.2) is 27.7 Å². The van der Waals surface area contributed by atoms with Crippen LogP contribution in [0.3, 0.4) is 0 Å². The molecular formula is C13H11N3O3. The molecule has 1 aromatic carbocycles. The predicted molar refractivity (Wildman–Crippen MR) is 66.0 cm³/mol. The lowest BCUT2D eigenvalue weighted by Crippen LogP contribution is -2.05. The summed E-state index contributed by atoms with van der Waals surface area (Å²) in [5.41, 5.74) is 0.853. The fourth-order valence-electron chi connectivity index (χ4n) is 1.77. The fourth-order valence-corrected chi connectivity index (χ4v) is 1.77. The van der Waals surface area contributed by atoms with Crippen molar-refractivity contribution in [2.24, 2.45) is 0 Å². The maximum Gasteiger partial charge on any atom is 0.335 e. The van der Waals surface area contributed by atoms with Gasteiger partial charge in [0.15, 0.2) is 0 Å². The number of aromatic carboxylic acids is 1. The molecule has 6 nitrogen and oxygen atoms in total. The number of carbonyl (C=O) groups is 1. The van der Waals surface area contributed by atoms with Crippen molar-refractivity contribution in [3.8, 4) is 11.8 Å². The van der Waals surface area contributed by atoms with Gasteiger partial charge in [-0.25, -0.2) is 9.78 Å². The minimum absolute atomic E-state index is 0.175. The Labute approximate surface area is 109 Å². The first kappa shape index (κ1) is 12.6. The highest BCUT2D eigenvalue weighted by atomic mass is 16.5. The second kappa shape index (κ2) is 5.23. The average Bonchev–Trinajstić information content (AvgIpc) is 2.85. The number of carboxylic acid groups (broad SMARTS) is 1. The Bertz CT molecular complexity index is 655. The van der Waals surface area contributed by atoms with Gasteiger partial charge in [-0.2, -0.15) is 5.26 Å². The van der Waals surface area contributed by atoms with Crippen LogP contribution in [0.1, 0.15) is 21.7 Å². The van der Waals surface area contributed by atoms with Crippen LogP contribution in [0.5, 0.6) is 5.75 Å². The minimum Gasteiger partial charge on any atom is -0.496 e. The molecule has 0 aliphatic rings. The maximum atomic E-state index is 11.0. The smallest absolute Gasteiger partial charge is 0.335 e. The molecule has 0 aliphatic heterocycles. The third-order valence-corrected chi connectivity index (χ3v) is 2.68. The Morgan fingerprint density at radius 1 is 1.58 bits per heavy atom. The van der Waals surface area contributed by atoms with Crippen LogP contribution in [0.25, 0.3) is 0 Å². The lowest BCUT2D eigenvalue weighted by atomic mass is 10.1. The van der Waals surface area contributed by atoms with E-state index in [4.69, 9.17) is 15.1 Å². The van der Waals surface area contributed by atoms with Gasteiger partial charge in [0, 0.05) is 18.0 Å². The molecule has 0 unspecified atom stereocenters. The van der Waals surface area contributed by atoms with Crippen LogP contribution in [0.4, 0.5) is 0 Å². The summed E-state index contributed by atoms with van der Waals surface area (Å²) in [6.07, 6.45) is 3.18. The van der Waals surface area contributed by atoms with E-state index in [-0.39, 0.29) is 11.4 Å². The number of hydrogen-bond donors (Lipinski definition) is 1. The quantitative estimate of drug-likeness (QED) is 0.896. The highest BCUT2D eigenvalue weighted by Gasteiger charge is 2.11. The van der Waals surface area contributed by atoms with Crippen molar-refractivity contribution in [2.75, 3.05) is 7.11 Å². The van der Waals surface area contributed by atoms with E-state index in [0.717, 1.165) is 0 Å². The molecule has 1 aromatic heterocycles. The minimum atomic E-state index is -1.00. The summed E-state index contributed by atoms with van der Waals surface area (Å²) in [7, 11) is 1.51. The zero-order chi connectivity index (χ0) is 13.8. The van der Waals surface area contributed by atoms with Gasteiger partial charge in [0.2, 0.25) is 5.82 Å². The zero-order valence-corrected chi connectivity index (χ0v) is 10.2. The fraction of sp³-hybridized carbons (Fsp3) is 0.154. The number of aromatic nitrogens is 2. The molecule has 0 radical (unpaired) electrons. The van der Waals surface area contributed by atoms with Crippen LogP contribution in [-0.2, 0) is 6.54 Å². The molecule has 2 rings (SSSR count). The Morgan fingerprint density at radius 3 is 3.00 bits per heavy atom. The first-order valence-electron chi connectivity index (χ1n) is 5.47. The third kappa shape index (κ3) is 2.55. The molecule has 6 heteroatoms. The molecule has 0 atom stereocenters. The molecule has 0 spiro atoms. The Balaban J connectivity index is 2.41. The number of hydrogen-bond acceptors (Lipinski definition) is 4. The van der Waals surface area contributed by atoms with E-state index < -0.39 is 5.97 Å².